The highest BCUT2D eigenvalue weighted by molar-refractivity contribution is 5.96. The zero-order chi connectivity index (χ0) is 19.3. The zero-order valence-electron chi connectivity index (χ0n) is 15.0. The average molecular weight is 366 g/mol. The molecule has 0 aliphatic carbocycles. The Morgan fingerprint density at radius 2 is 1.92 bits per heavy atom. The van der Waals surface area contributed by atoms with Crippen molar-refractivity contribution < 1.29 is 28.7 Å². The van der Waals surface area contributed by atoms with Crippen molar-refractivity contribution in [1.29, 1.82) is 0 Å². The number of carbonyl (C=O) groups excluding carboxylic acids is 2. The Bertz CT molecular complexity index is 705. The van der Waals surface area contributed by atoms with Crippen LogP contribution in [0.1, 0.15) is 30.1 Å². The van der Waals surface area contributed by atoms with Crippen LogP contribution in [-0.2, 0) is 9.53 Å². The van der Waals surface area contributed by atoms with E-state index in [1.807, 2.05) is 0 Å². The first-order valence-electron chi connectivity index (χ1n) is 8.22. The van der Waals surface area contributed by atoms with Gasteiger partial charge in [-0.25, -0.2) is 4.79 Å². The minimum absolute atomic E-state index is 0.120. The molecule has 1 aromatic rings. The van der Waals surface area contributed by atoms with Crippen molar-refractivity contribution in [2.45, 2.75) is 19.8 Å². The number of hydrogen-bond acceptors (Lipinski definition) is 7. The van der Waals surface area contributed by atoms with Crippen molar-refractivity contribution in [3.8, 4) is 11.5 Å². The lowest BCUT2D eigenvalue weighted by molar-refractivity contribution is -0.385. The Hall–Kier alpha value is -2.84. The van der Waals surface area contributed by atoms with Crippen LogP contribution in [0.15, 0.2) is 12.1 Å². The van der Waals surface area contributed by atoms with E-state index in [1.165, 1.54) is 20.3 Å². The molecule has 2 rings (SSSR count). The standard InChI is InChI=1S/C17H22N2O7/c1-11-5-4-6-18(9-11)16(20)10-26-17(21)12-7-14(24-2)15(25-3)8-13(12)19(22)23/h7-8,11H,4-6,9-10H2,1-3H3/t11-/m0/s1. The summed E-state index contributed by atoms with van der Waals surface area (Å²) in [6.45, 7) is 2.83. The Morgan fingerprint density at radius 1 is 1.27 bits per heavy atom. The number of likely N-dealkylation sites (tertiary alicyclic amines) is 1. The molecule has 1 heterocycles. The molecular weight excluding hydrogens is 344 g/mol. The third-order valence-electron chi connectivity index (χ3n) is 4.25. The smallest absolute Gasteiger partial charge is 0.345 e. The molecule has 1 aliphatic rings. The number of carbonyl (C=O) groups is 2. The van der Waals surface area contributed by atoms with Crippen LogP contribution in [0.5, 0.6) is 11.5 Å². The molecule has 0 radical (unpaired) electrons. The van der Waals surface area contributed by atoms with Crippen molar-refractivity contribution in [1.82, 2.24) is 4.90 Å². The monoisotopic (exact) mass is 366 g/mol. The van der Waals surface area contributed by atoms with Crippen molar-refractivity contribution in [2.24, 2.45) is 5.92 Å². The number of methoxy groups -OCH3 is 2. The van der Waals surface area contributed by atoms with E-state index in [2.05, 4.69) is 6.92 Å². The fraction of sp³-hybridized carbons (Fsp3) is 0.529. The number of nitro groups is 1. The zero-order valence-corrected chi connectivity index (χ0v) is 15.0. The molecule has 9 heteroatoms. The average Bonchev–Trinajstić information content (AvgIpc) is 2.64. The number of rotatable bonds is 6. The number of nitro benzene ring substituents is 1. The van der Waals surface area contributed by atoms with Gasteiger partial charge < -0.3 is 19.1 Å². The Balaban J connectivity index is 2.13. The van der Waals surface area contributed by atoms with Crippen LogP contribution in [0, 0.1) is 16.0 Å². The second-order valence-corrected chi connectivity index (χ2v) is 6.14. The summed E-state index contributed by atoms with van der Waals surface area (Å²) in [6, 6.07) is 2.26. The van der Waals surface area contributed by atoms with Gasteiger partial charge in [-0.3, -0.25) is 14.9 Å². The maximum atomic E-state index is 12.3. The molecule has 1 fully saturated rings. The van der Waals surface area contributed by atoms with Gasteiger partial charge in [-0.1, -0.05) is 6.92 Å². The molecule has 1 atom stereocenters. The summed E-state index contributed by atoms with van der Waals surface area (Å²) in [6.07, 6.45) is 1.96. The van der Waals surface area contributed by atoms with E-state index in [0.29, 0.717) is 19.0 Å². The fourth-order valence-corrected chi connectivity index (χ4v) is 2.90. The van der Waals surface area contributed by atoms with Crippen molar-refractivity contribution in [2.75, 3.05) is 33.9 Å². The molecule has 1 aliphatic heterocycles. The minimum atomic E-state index is -0.962. The highest BCUT2D eigenvalue weighted by Gasteiger charge is 2.27. The molecule has 0 bridgehead atoms. The highest BCUT2D eigenvalue weighted by atomic mass is 16.6. The van der Waals surface area contributed by atoms with Crippen molar-refractivity contribution >= 4 is 17.6 Å². The van der Waals surface area contributed by atoms with Gasteiger partial charge in [-0.05, 0) is 18.8 Å². The summed E-state index contributed by atoms with van der Waals surface area (Å²) < 4.78 is 15.1. The number of piperidine rings is 1. The van der Waals surface area contributed by atoms with E-state index in [1.54, 1.807) is 4.90 Å². The first kappa shape index (κ1) is 19.5. The maximum Gasteiger partial charge on any atom is 0.345 e. The van der Waals surface area contributed by atoms with Gasteiger partial charge >= 0.3 is 5.97 Å². The van der Waals surface area contributed by atoms with Gasteiger partial charge in [-0.15, -0.1) is 0 Å². The lowest BCUT2D eigenvalue weighted by Crippen LogP contribution is -2.41. The van der Waals surface area contributed by atoms with E-state index in [0.717, 1.165) is 18.9 Å². The summed E-state index contributed by atoms with van der Waals surface area (Å²) in [4.78, 5) is 36.7. The third kappa shape index (κ3) is 4.41. The van der Waals surface area contributed by atoms with Crippen LogP contribution in [0.4, 0.5) is 5.69 Å². The van der Waals surface area contributed by atoms with Crippen LogP contribution >= 0.6 is 0 Å². The molecule has 1 aromatic carbocycles. The topological polar surface area (TPSA) is 108 Å². The van der Waals surface area contributed by atoms with Gasteiger partial charge in [0, 0.05) is 19.2 Å². The lowest BCUT2D eigenvalue weighted by Gasteiger charge is -2.30. The Kier molecular flexibility index (Phi) is 6.37. The first-order chi connectivity index (χ1) is 12.4. The van der Waals surface area contributed by atoms with Gasteiger partial charge in [0.2, 0.25) is 0 Å². The first-order valence-corrected chi connectivity index (χ1v) is 8.22. The molecule has 1 saturated heterocycles. The molecule has 0 saturated carbocycles. The number of benzene rings is 1. The predicted molar refractivity (Wildman–Crippen MR) is 91.5 cm³/mol. The van der Waals surface area contributed by atoms with E-state index in [9.17, 15) is 19.7 Å². The molecule has 1 amide bonds. The van der Waals surface area contributed by atoms with Gasteiger partial charge in [0.15, 0.2) is 18.1 Å². The van der Waals surface area contributed by atoms with E-state index >= 15 is 0 Å². The van der Waals surface area contributed by atoms with Gasteiger partial charge in [0.05, 0.1) is 25.2 Å². The Labute approximate surface area is 151 Å². The van der Waals surface area contributed by atoms with Crippen LogP contribution in [0.25, 0.3) is 0 Å². The van der Waals surface area contributed by atoms with Gasteiger partial charge in [-0.2, -0.15) is 0 Å². The maximum absolute atomic E-state index is 12.3. The second-order valence-electron chi connectivity index (χ2n) is 6.14. The molecule has 0 unspecified atom stereocenters. The summed E-state index contributed by atoms with van der Waals surface area (Å²) in [5, 5.41) is 11.2. The van der Waals surface area contributed by atoms with Gasteiger partial charge in [0.25, 0.3) is 11.6 Å². The molecule has 142 valence electrons. The summed E-state index contributed by atoms with van der Waals surface area (Å²) in [5.74, 6) is -0.602. The summed E-state index contributed by atoms with van der Waals surface area (Å²) in [5.41, 5.74) is -0.779. The number of nitrogens with zero attached hydrogens (tertiary/aromatic N) is 2. The van der Waals surface area contributed by atoms with E-state index in [-0.39, 0.29) is 23.0 Å². The van der Waals surface area contributed by atoms with Crippen LogP contribution in [0.2, 0.25) is 0 Å². The van der Waals surface area contributed by atoms with Gasteiger partial charge in [0.1, 0.15) is 5.56 Å². The minimum Gasteiger partial charge on any atom is -0.493 e. The number of amides is 1. The lowest BCUT2D eigenvalue weighted by atomic mass is 10.0. The third-order valence-corrected chi connectivity index (χ3v) is 4.25. The molecule has 9 nitrogen and oxygen atoms in total. The van der Waals surface area contributed by atoms with E-state index in [4.69, 9.17) is 14.2 Å². The SMILES string of the molecule is COc1cc(C(=O)OCC(=O)N2CCC[C@H](C)C2)c([N+](=O)[O-])cc1OC. The van der Waals surface area contributed by atoms with Crippen LogP contribution in [0.3, 0.4) is 0 Å². The predicted octanol–water partition coefficient (Wildman–Crippen LogP) is 2.03. The highest BCUT2D eigenvalue weighted by Crippen LogP contribution is 2.34. The normalized spacial score (nSPS) is 16.7. The fourth-order valence-electron chi connectivity index (χ4n) is 2.90. The van der Waals surface area contributed by atoms with Crippen molar-refractivity contribution in [3.05, 3.63) is 27.8 Å². The summed E-state index contributed by atoms with van der Waals surface area (Å²) >= 11 is 0. The van der Waals surface area contributed by atoms with Crippen LogP contribution in [-0.4, -0.2) is 55.6 Å². The number of esters is 1. The molecule has 0 spiro atoms. The Morgan fingerprint density at radius 3 is 2.50 bits per heavy atom. The number of hydrogen-bond donors (Lipinski definition) is 0. The second kappa shape index (κ2) is 8.50. The molecule has 0 aromatic heterocycles. The van der Waals surface area contributed by atoms with Crippen molar-refractivity contribution in [3.63, 3.8) is 0 Å². The summed E-state index contributed by atoms with van der Waals surface area (Å²) in [7, 11) is 2.68. The van der Waals surface area contributed by atoms with Crippen LogP contribution < -0.4 is 9.47 Å². The number of ether oxygens (including phenoxy) is 3. The van der Waals surface area contributed by atoms with E-state index < -0.39 is 23.2 Å². The molecule has 26 heavy (non-hydrogen) atoms. The largest absolute Gasteiger partial charge is 0.493 e. The molecule has 0 N–H and O–H groups in total. The quantitative estimate of drug-likeness (QED) is 0.430. The molecular formula is C17H22N2O7.